The summed E-state index contributed by atoms with van der Waals surface area (Å²) in [5.41, 5.74) is 1.66. The molecule has 0 saturated heterocycles. The minimum Gasteiger partial charge on any atom is -0.491 e. The lowest BCUT2D eigenvalue weighted by Gasteiger charge is -2.26. The molecule has 1 heterocycles. The van der Waals surface area contributed by atoms with Gasteiger partial charge < -0.3 is 9.47 Å². The lowest BCUT2D eigenvalue weighted by atomic mass is 9.96. The van der Waals surface area contributed by atoms with Crippen LogP contribution in [0.25, 0.3) is 0 Å². The summed E-state index contributed by atoms with van der Waals surface area (Å²) >= 11 is 0. The van der Waals surface area contributed by atoms with Crippen molar-refractivity contribution in [3.05, 3.63) is 59.7 Å². The van der Waals surface area contributed by atoms with Gasteiger partial charge in [0.1, 0.15) is 17.6 Å². The van der Waals surface area contributed by atoms with E-state index in [0.717, 1.165) is 11.3 Å². The maximum atomic E-state index is 12.3. The third-order valence-electron chi connectivity index (χ3n) is 3.44. The van der Waals surface area contributed by atoms with Crippen molar-refractivity contribution in [1.82, 2.24) is 0 Å². The fourth-order valence-electron chi connectivity index (χ4n) is 2.50. The van der Waals surface area contributed by atoms with Crippen LogP contribution in [-0.4, -0.2) is 11.9 Å². The molecule has 108 valence electrons. The van der Waals surface area contributed by atoms with Crippen molar-refractivity contribution in [3.63, 3.8) is 0 Å². The van der Waals surface area contributed by atoms with Crippen LogP contribution in [0.15, 0.2) is 48.5 Å². The van der Waals surface area contributed by atoms with Gasteiger partial charge in [-0.2, -0.15) is 0 Å². The van der Waals surface area contributed by atoms with Crippen LogP contribution in [0.3, 0.4) is 0 Å². The van der Waals surface area contributed by atoms with Crippen LogP contribution in [0.5, 0.6) is 11.5 Å². The predicted molar refractivity (Wildman–Crippen MR) is 81.0 cm³/mol. The van der Waals surface area contributed by atoms with E-state index in [2.05, 4.69) is 0 Å². The SMILES string of the molecule is CC(C)Oc1ccc2c(c1)OC(c1ccccc1)CC2=O. The van der Waals surface area contributed by atoms with Gasteiger partial charge >= 0.3 is 0 Å². The molecule has 0 amide bonds. The minimum atomic E-state index is -0.222. The second-order valence-corrected chi connectivity index (χ2v) is 5.47. The lowest BCUT2D eigenvalue weighted by Crippen LogP contribution is -2.20. The number of hydrogen-bond acceptors (Lipinski definition) is 3. The summed E-state index contributed by atoms with van der Waals surface area (Å²) in [5, 5.41) is 0. The van der Waals surface area contributed by atoms with Crippen molar-refractivity contribution in [1.29, 1.82) is 0 Å². The van der Waals surface area contributed by atoms with E-state index in [-0.39, 0.29) is 18.0 Å². The van der Waals surface area contributed by atoms with Gasteiger partial charge in [-0.3, -0.25) is 4.79 Å². The molecule has 1 aliphatic heterocycles. The Hall–Kier alpha value is -2.29. The van der Waals surface area contributed by atoms with Crippen LogP contribution in [-0.2, 0) is 0 Å². The summed E-state index contributed by atoms with van der Waals surface area (Å²) in [6.45, 7) is 3.94. The number of ether oxygens (including phenoxy) is 2. The Kier molecular flexibility index (Phi) is 3.65. The molecule has 1 atom stereocenters. The Balaban J connectivity index is 1.90. The van der Waals surface area contributed by atoms with E-state index in [1.54, 1.807) is 6.07 Å². The number of fused-ring (bicyclic) bond motifs is 1. The highest BCUT2D eigenvalue weighted by atomic mass is 16.5. The molecule has 0 aliphatic carbocycles. The second-order valence-electron chi connectivity index (χ2n) is 5.47. The normalized spacial score (nSPS) is 17.3. The van der Waals surface area contributed by atoms with Gasteiger partial charge in [0.05, 0.1) is 18.1 Å². The molecule has 1 aliphatic rings. The van der Waals surface area contributed by atoms with Crippen LogP contribution in [0.4, 0.5) is 0 Å². The summed E-state index contributed by atoms with van der Waals surface area (Å²) in [6.07, 6.45) is 0.245. The third-order valence-corrected chi connectivity index (χ3v) is 3.44. The lowest BCUT2D eigenvalue weighted by molar-refractivity contribution is 0.0849. The van der Waals surface area contributed by atoms with E-state index >= 15 is 0 Å². The number of benzene rings is 2. The number of hydrogen-bond donors (Lipinski definition) is 0. The molecule has 0 spiro atoms. The first kappa shape index (κ1) is 13.7. The molecule has 0 bridgehead atoms. The molecule has 0 fully saturated rings. The van der Waals surface area contributed by atoms with Crippen molar-refractivity contribution in [2.45, 2.75) is 32.5 Å². The van der Waals surface area contributed by atoms with Crippen LogP contribution in [0.2, 0.25) is 0 Å². The summed E-state index contributed by atoms with van der Waals surface area (Å²) in [4.78, 5) is 12.3. The monoisotopic (exact) mass is 282 g/mol. The summed E-state index contributed by atoms with van der Waals surface area (Å²) in [6, 6.07) is 15.3. The van der Waals surface area contributed by atoms with Gasteiger partial charge in [0.15, 0.2) is 5.78 Å². The second kappa shape index (κ2) is 5.60. The molecule has 1 unspecified atom stereocenters. The average molecular weight is 282 g/mol. The highest BCUT2D eigenvalue weighted by molar-refractivity contribution is 6.00. The number of Topliss-reactive ketones (excluding diaryl/α,β-unsaturated/α-hetero) is 1. The number of carbonyl (C=O) groups is 1. The predicted octanol–water partition coefficient (Wildman–Crippen LogP) is 4.18. The molecule has 0 saturated carbocycles. The van der Waals surface area contributed by atoms with Crippen molar-refractivity contribution >= 4 is 5.78 Å². The Morgan fingerprint density at radius 1 is 1.14 bits per heavy atom. The molecular formula is C18H18O3. The first-order valence-electron chi connectivity index (χ1n) is 7.19. The molecule has 3 nitrogen and oxygen atoms in total. The molecule has 0 N–H and O–H groups in total. The quantitative estimate of drug-likeness (QED) is 0.847. The number of carbonyl (C=O) groups excluding carboxylic acids is 1. The van der Waals surface area contributed by atoms with Gasteiger partial charge in [-0.15, -0.1) is 0 Å². The highest BCUT2D eigenvalue weighted by Gasteiger charge is 2.27. The van der Waals surface area contributed by atoms with Crippen LogP contribution in [0, 0.1) is 0 Å². The third kappa shape index (κ3) is 2.92. The fourth-order valence-corrected chi connectivity index (χ4v) is 2.50. The fraction of sp³-hybridized carbons (Fsp3) is 0.278. The zero-order chi connectivity index (χ0) is 14.8. The Labute approximate surface area is 124 Å². The average Bonchev–Trinajstić information content (AvgIpc) is 2.47. The van der Waals surface area contributed by atoms with Gasteiger partial charge in [0.2, 0.25) is 0 Å². The maximum Gasteiger partial charge on any atom is 0.170 e. The Bertz CT molecular complexity index is 647. The van der Waals surface area contributed by atoms with E-state index in [1.165, 1.54) is 0 Å². The van der Waals surface area contributed by atoms with E-state index in [9.17, 15) is 4.79 Å². The van der Waals surface area contributed by atoms with Gasteiger partial charge in [-0.05, 0) is 31.5 Å². The standard InChI is InChI=1S/C18H18O3/c1-12(2)20-14-8-9-15-16(19)11-17(21-18(15)10-14)13-6-4-3-5-7-13/h3-10,12,17H,11H2,1-2H3. The molecule has 2 aromatic carbocycles. The molecule has 3 heteroatoms. The van der Waals surface area contributed by atoms with E-state index in [1.807, 2.05) is 56.3 Å². The topological polar surface area (TPSA) is 35.5 Å². The highest BCUT2D eigenvalue weighted by Crippen LogP contribution is 2.37. The van der Waals surface area contributed by atoms with E-state index < -0.39 is 0 Å². The summed E-state index contributed by atoms with van der Waals surface area (Å²) in [5.74, 6) is 1.45. The van der Waals surface area contributed by atoms with E-state index in [4.69, 9.17) is 9.47 Å². The maximum absolute atomic E-state index is 12.3. The van der Waals surface area contributed by atoms with Crippen LogP contribution < -0.4 is 9.47 Å². The summed E-state index contributed by atoms with van der Waals surface area (Å²) in [7, 11) is 0. The number of rotatable bonds is 3. The van der Waals surface area contributed by atoms with Gasteiger partial charge in [0.25, 0.3) is 0 Å². The molecule has 2 aromatic rings. The Morgan fingerprint density at radius 3 is 2.62 bits per heavy atom. The summed E-state index contributed by atoms with van der Waals surface area (Å²) < 4.78 is 11.7. The van der Waals surface area contributed by atoms with Gasteiger partial charge in [-0.1, -0.05) is 30.3 Å². The Morgan fingerprint density at radius 2 is 1.90 bits per heavy atom. The number of ketones is 1. The smallest absolute Gasteiger partial charge is 0.170 e. The largest absolute Gasteiger partial charge is 0.491 e. The van der Waals surface area contributed by atoms with E-state index in [0.29, 0.717) is 17.7 Å². The molecular weight excluding hydrogens is 264 g/mol. The molecule has 3 rings (SSSR count). The van der Waals surface area contributed by atoms with Crippen LogP contribution in [0.1, 0.15) is 42.3 Å². The van der Waals surface area contributed by atoms with Crippen LogP contribution >= 0.6 is 0 Å². The van der Waals surface area contributed by atoms with Gasteiger partial charge in [0, 0.05) is 6.07 Å². The van der Waals surface area contributed by atoms with Crippen molar-refractivity contribution in [2.75, 3.05) is 0 Å². The zero-order valence-corrected chi connectivity index (χ0v) is 12.2. The van der Waals surface area contributed by atoms with Crippen molar-refractivity contribution < 1.29 is 14.3 Å². The van der Waals surface area contributed by atoms with Gasteiger partial charge in [-0.25, -0.2) is 0 Å². The minimum absolute atomic E-state index is 0.0901. The first-order chi connectivity index (χ1) is 10.1. The van der Waals surface area contributed by atoms with Crippen molar-refractivity contribution in [2.24, 2.45) is 0 Å². The van der Waals surface area contributed by atoms with Crippen molar-refractivity contribution in [3.8, 4) is 11.5 Å². The zero-order valence-electron chi connectivity index (χ0n) is 12.2. The molecule has 0 aromatic heterocycles. The first-order valence-corrected chi connectivity index (χ1v) is 7.19. The molecule has 0 radical (unpaired) electrons. The molecule has 21 heavy (non-hydrogen) atoms.